The molecule has 1 aliphatic carbocycles. The van der Waals surface area contributed by atoms with Crippen LogP contribution in [0.3, 0.4) is 0 Å². The summed E-state index contributed by atoms with van der Waals surface area (Å²) in [6.07, 6.45) is 9.55. The Kier molecular flexibility index (Phi) is 5.16. The van der Waals surface area contributed by atoms with Gasteiger partial charge in [0.15, 0.2) is 0 Å². The Morgan fingerprint density at radius 2 is 2.11 bits per heavy atom. The standard InChI is InChI=1S/C16H22N2O/c17-11-5-7-13-6-4-10-15(12-13)18-16(19)14-8-2-1-3-9-14/h4-7,10,12,14H,1-3,8-9,11,17H2,(H,18,19). The molecule has 102 valence electrons. The minimum Gasteiger partial charge on any atom is -0.327 e. The molecule has 1 aromatic rings. The smallest absolute Gasteiger partial charge is 0.227 e. The maximum Gasteiger partial charge on any atom is 0.227 e. The third-order valence-corrected chi connectivity index (χ3v) is 3.58. The first-order valence-corrected chi connectivity index (χ1v) is 7.07. The van der Waals surface area contributed by atoms with Crippen LogP contribution in [0.1, 0.15) is 37.7 Å². The van der Waals surface area contributed by atoms with Crippen LogP contribution in [0.2, 0.25) is 0 Å². The zero-order valence-electron chi connectivity index (χ0n) is 11.3. The first-order valence-electron chi connectivity index (χ1n) is 7.07. The summed E-state index contributed by atoms with van der Waals surface area (Å²) in [4.78, 5) is 12.1. The van der Waals surface area contributed by atoms with E-state index in [9.17, 15) is 4.79 Å². The van der Waals surface area contributed by atoms with Crippen molar-refractivity contribution in [2.24, 2.45) is 11.7 Å². The number of benzene rings is 1. The van der Waals surface area contributed by atoms with Crippen molar-refractivity contribution in [3.63, 3.8) is 0 Å². The Morgan fingerprint density at radius 3 is 2.84 bits per heavy atom. The molecular weight excluding hydrogens is 236 g/mol. The van der Waals surface area contributed by atoms with Crippen LogP contribution in [0.15, 0.2) is 30.3 Å². The molecule has 1 aliphatic rings. The molecule has 0 saturated heterocycles. The van der Waals surface area contributed by atoms with Gasteiger partial charge >= 0.3 is 0 Å². The summed E-state index contributed by atoms with van der Waals surface area (Å²) in [5, 5.41) is 3.02. The molecule has 0 radical (unpaired) electrons. The van der Waals surface area contributed by atoms with E-state index in [2.05, 4.69) is 5.32 Å². The monoisotopic (exact) mass is 258 g/mol. The fourth-order valence-electron chi connectivity index (χ4n) is 2.53. The van der Waals surface area contributed by atoms with Gasteiger partial charge in [-0.2, -0.15) is 0 Å². The Bertz CT molecular complexity index is 448. The highest BCUT2D eigenvalue weighted by atomic mass is 16.1. The first kappa shape index (κ1) is 13.8. The average Bonchev–Trinajstić information content (AvgIpc) is 2.46. The van der Waals surface area contributed by atoms with Gasteiger partial charge in [-0.15, -0.1) is 0 Å². The number of amides is 1. The van der Waals surface area contributed by atoms with Gasteiger partial charge in [0.2, 0.25) is 5.91 Å². The molecule has 0 atom stereocenters. The second-order valence-corrected chi connectivity index (χ2v) is 5.09. The zero-order valence-corrected chi connectivity index (χ0v) is 11.3. The number of nitrogens with two attached hydrogens (primary N) is 1. The first-order chi connectivity index (χ1) is 9.29. The maximum atomic E-state index is 12.1. The van der Waals surface area contributed by atoms with Gasteiger partial charge in [0.05, 0.1) is 0 Å². The van der Waals surface area contributed by atoms with Crippen LogP contribution in [0, 0.1) is 5.92 Å². The molecule has 0 unspecified atom stereocenters. The summed E-state index contributed by atoms with van der Waals surface area (Å²) in [7, 11) is 0. The van der Waals surface area contributed by atoms with Crippen molar-refractivity contribution in [3.8, 4) is 0 Å². The fraction of sp³-hybridized carbons (Fsp3) is 0.438. The van der Waals surface area contributed by atoms with Crippen molar-refractivity contribution in [3.05, 3.63) is 35.9 Å². The van der Waals surface area contributed by atoms with Crippen LogP contribution >= 0.6 is 0 Å². The molecule has 3 nitrogen and oxygen atoms in total. The Hall–Kier alpha value is -1.61. The average molecular weight is 258 g/mol. The van der Waals surface area contributed by atoms with Crippen molar-refractivity contribution in [2.75, 3.05) is 11.9 Å². The zero-order chi connectivity index (χ0) is 13.5. The van der Waals surface area contributed by atoms with Crippen LogP contribution in [-0.4, -0.2) is 12.5 Å². The molecule has 3 heteroatoms. The van der Waals surface area contributed by atoms with Crippen LogP contribution in [-0.2, 0) is 4.79 Å². The summed E-state index contributed by atoms with van der Waals surface area (Å²) >= 11 is 0. The highest BCUT2D eigenvalue weighted by Crippen LogP contribution is 2.25. The SMILES string of the molecule is NCC=Cc1cccc(NC(=O)C2CCCCC2)c1. The topological polar surface area (TPSA) is 55.1 Å². The fourth-order valence-corrected chi connectivity index (χ4v) is 2.53. The lowest BCUT2D eigenvalue weighted by Crippen LogP contribution is -2.24. The summed E-state index contributed by atoms with van der Waals surface area (Å²) in [6, 6.07) is 7.86. The summed E-state index contributed by atoms with van der Waals surface area (Å²) < 4.78 is 0. The van der Waals surface area contributed by atoms with Crippen LogP contribution in [0.25, 0.3) is 6.08 Å². The third kappa shape index (κ3) is 4.21. The van der Waals surface area contributed by atoms with Crippen molar-refractivity contribution >= 4 is 17.7 Å². The largest absolute Gasteiger partial charge is 0.327 e. The lowest BCUT2D eigenvalue weighted by molar-refractivity contribution is -0.120. The van der Waals surface area contributed by atoms with E-state index in [1.807, 2.05) is 36.4 Å². The number of hydrogen-bond acceptors (Lipinski definition) is 2. The summed E-state index contributed by atoms with van der Waals surface area (Å²) in [6.45, 7) is 0.526. The lowest BCUT2D eigenvalue weighted by Gasteiger charge is -2.20. The number of carbonyl (C=O) groups is 1. The van der Waals surface area contributed by atoms with E-state index in [1.54, 1.807) is 0 Å². The summed E-state index contributed by atoms with van der Waals surface area (Å²) in [5.41, 5.74) is 7.37. The molecule has 1 saturated carbocycles. The van der Waals surface area contributed by atoms with Gasteiger partial charge in [-0.1, -0.05) is 43.5 Å². The minimum atomic E-state index is 0.166. The van der Waals surface area contributed by atoms with Crippen LogP contribution in [0.5, 0.6) is 0 Å². The quantitative estimate of drug-likeness (QED) is 0.871. The van der Waals surface area contributed by atoms with Gasteiger partial charge in [-0.3, -0.25) is 4.79 Å². The molecule has 0 spiro atoms. The van der Waals surface area contributed by atoms with Crippen molar-refractivity contribution in [1.29, 1.82) is 0 Å². The third-order valence-electron chi connectivity index (χ3n) is 3.58. The highest BCUT2D eigenvalue weighted by Gasteiger charge is 2.20. The Balaban J connectivity index is 1.97. The van der Waals surface area contributed by atoms with E-state index in [0.29, 0.717) is 6.54 Å². The summed E-state index contributed by atoms with van der Waals surface area (Å²) in [5.74, 6) is 0.358. The normalized spacial score (nSPS) is 16.7. The molecule has 2 rings (SSSR count). The van der Waals surface area contributed by atoms with Gasteiger partial charge < -0.3 is 11.1 Å². The molecule has 0 heterocycles. The van der Waals surface area contributed by atoms with Gasteiger partial charge in [0, 0.05) is 18.2 Å². The molecule has 1 fully saturated rings. The van der Waals surface area contributed by atoms with Gasteiger partial charge in [0.25, 0.3) is 0 Å². The number of carbonyl (C=O) groups excluding carboxylic acids is 1. The van der Waals surface area contributed by atoms with Crippen molar-refractivity contribution in [1.82, 2.24) is 0 Å². The molecule has 3 N–H and O–H groups in total. The number of hydrogen-bond donors (Lipinski definition) is 2. The van der Waals surface area contributed by atoms with Crippen molar-refractivity contribution < 1.29 is 4.79 Å². The van der Waals surface area contributed by atoms with Gasteiger partial charge in [-0.25, -0.2) is 0 Å². The van der Waals surface area contributed by atoms with E-state index in [1.165, 1.54) is 19.3 Å². The predicted octanol–water partition coefficient (Wildman–Crippen LogP) is 3.18. The van der Waals surface area contributed by atoms with Gasteiger partial charge in [-0.05, 0) is 30.5 Å². The van der Waals surface area contributed by atoms with Crippen LogP contribution in [0.4, 0.5) is 5.69 Å². The molecule has 1 amide bonds. The molecule has 1 aromatic carbocycles. The van der Waals surface area contributed by atoms with E-state index >= 15 is 0 Å². The molecule has 19 heavy (non-hydrogen) atoms. The molecule has 0 aromatic heterocycles. The Labute approximate surface area is 114 Å². The second-order valence-electron chi connectivity index (χ2n) is 5.09. The number of anilines is 1. The number of nitrogens with one attached hydrogen (secondary N) is 1. The van der Waals surface area contributed by atoms with E-state index in [0.717, 1.165) is 24.1 Å². The molecule has 0 aliphatic heterocycles. The van der Waals surface area contributed by atoms with Gasteiger partial charge in [0.1, 0.15) is 0 Å². The second kappa shape index (κ2) is 7.10. The van der Waals surface area contributed by atoms with Crippen LogP contribution < -0.4 is 11.1 Å². The Morgan fingerprint density at radius 1 is 1.32 bits per heavy atom. The van der Waals surface area contributed by atoms with E-state index in [4.69, 9.17) is 5.73 Å². The molecule has 0 bridgehead atoms. The highest BCUT2D eigenvalue weighted by molar-refractivity contribution is 5.92. The number of rotatable bonds is 4. The van der Waals surface area contributed by atoms with E-state index < -0.39 is 0 Å². The maximum absolute atomic E-state index is 12.1. The lowest BCUT2D eigenvalue weighted by atomic mass is 9.88. The minimum absolute atomic E-state index is 0.166. The molecular formula is C16H22N2O. The van der Waals surface area contributed by atoms with E-state index in [-0.39, 0.29) is 11.8 Å². The predicted molar refractivity (Wildman–Crippen MR) is 79.7 cm³/mol. The van der Waals surface area contributed by atoms with Crippen molar-refractivity contribution in [2.45, 2.75) is 32.1 Å².